The Kier molecular flexibility index (Phi) is 9.25. The molecule has 1 N–H and O–H groups in total. The van der Waals surface area contributed by atoms with Crippen LogP contribution in [0.5, 0.6) is 5.75 Å². The standard InChI is InChI=1S/C28H31ClN2O3/c1-4-31(5-2)16-9-17-34-23-13-15-26(20(3)18-23)30-28(33)24-14-12-22(29)19-25(24)27(32)21-10-7-6-8-11-21/h6-8,10-15,18-19H,4-5,9,16-17H2,1-3H3,(H,30,33). The minimum atomic E-state index is -0.369. The number of nitrogens with zero attached hydrogens (tertiary/aromatic N) is 1. The number of benzene rings is 3. The summed E-state index contributed by atoms with van der Waals surface area (Å²) in [6.07, 6.45) is 0.952. The van der Waals surface area contributed by atoms with Crippen molar-refractivity contribution in [2.45, 2.75) is 27.2 Å². The molecule has 1 amide bonds. The maximum absolute atomic E-state index is 13.1. The van der Waals surface area contributed by atoms with Crippen molar-refractivity contribution in [1.82, 2.24) is 4.90 Å². The molecule has 5 nitrogen and oxygen atoms in total. The van der Waals surface area contributed by atoms with Crippen molar-refractivity contribution in [3.8, 4) is 5.75 Å². The van der Waals surface area contributed by atoms with Crippen molar-refractivity contribution in [2.24, 2.45) is 0 Å². The highest BCUT2D eigenvalue weighted by molar-refractivity contribution is 6.31. The molecule has 0 spiro atoms. The van der Waals surface area contributed by atoms with Gasteiger partial charge >= 0.3 is 0 Å². The molecule has 0 bridgehead atoms. The fourth-order valence-corrected chi connectivity index (χ4v) is 3.89. The Balaban J connectivity index is 1.69. The lowest BCUT2D eigenvalue weighted by atomic mass is 9.97. The summed E-state index contributed by atoms with van der Waals surface area (Å²) in [6, 6.07) is 19.1. The predicted molar refractivity (Wildman–Crippen MR) is 138 cm³/mol. The minimum absolute atomic E-state index is 0.251. The van der Waals surface area contributed by atoms with Crippen LogP contribution in [0.15, 0.2) is 66.7 Å². The van der Waals surface area contributed by atoms with Crippen LogP contribution < -0.4 is 10.1 Å². The number of aryl methyl sites for hydroxylation is 1. The van der Waals surface area contributed by atoms with E-state index in [9.17, 15) is 9.59 Å². The Hall–Kier alpha value is -3.15. The molecule has 34 heavy (non-hydrogen) atoms. The number of rotatable bonds is 11. The summed E-state index contributed by atoms with van der Waals surface area (Å²) in [5.74, 6) is 0.145. The molecular weight excluding hydrogens is 448 g/mol. The van der Waals surface area contributed by atoms with Gasteiger partial charge in [0, 0.05) is 28.4 Å². The third kappa shape index (κ3) is 6.69. The number of hydrogen-bond acceptors (Lipinski definition) is 4. The molecule has 3 rings (SSSR count). The van der Waals surface area contributed by atoms with Crippen LogP contribution in [-0.2, 0) is 0 Å². The first-order valence-corrected chi connectivity index (χ1v) is 12.0. The molecule has 0 aromatic heterocycles. The monoisotopic (exact) mass is 478 g/mol. The summed E-state index contributed by atoms with van der Waals surface area (Å²) < 4.78 is 5.88. The molecule has 0 atom stereocenters. The highest BCUT2D eigenvalue weighted by atomic mass is 35.5. The second-order valence-corrected chi connectivity index (χ2v) is 8.48. The Bertz CT molecular complexity index is 1130. The first kappa shape index (κ1) is 25.5. The molecule has 0 saturated heterocycles. The number of hydrogen-bond donors (Lipinski definition) is 1. The number of nitrogens with one attached hydrogen (secondary N) is 1. The second-order valence-electron chi connectivity index (χ2n) is 8.04. The van der Waals surface area contributed by atoms with Crippen LogP contribution >= 0.6 is 11.6 Å². The molecule has 0 fully saturated rings. The van der Waals surface area contributed by atoms with E-state index in [1.54, 1.807) is 36.4 Å². The minimum Gasteiger partial charge on any atom is -0.494 e. The predicted octanol–water partition coefficient (Wildman–Crippen LogP) is 6.24. The first-order chi connectivity index (χ1) is 16.4. The summed E-state index contributed by atoms with van der Waals surface area (Å²) in [4.78, 5) is 28.5. The molecule has 3 aromatic rings. The Morgan fingerprint density at radius 1 is 0.941 bits per heavy atom. The summed E-state index contributed by atoms with van der Waals surface area (Å²) in [6.45, 7) is 9.95. The quantitative estimate of drug-likeness (QED) is 0.261. The number of ether oxygens (including phenoxy) is 1. The van der Waals surface area contributed by atoms with Crippen molar-refractivity contribution in [2.75, 3.05) is 31.6 Å². The molecule has 0 aliphatic heterocycles. The van der Waals surface area contributed by atoms with Crippen LogP contribution in [0.3, 0.4) is 0 Å². The van der Waals surface area contributed by atoms with Gasteiger partial charge in [0.05, 0.1) is 12.2 Å². The molecular formula is C28H31ClN2O3. The van der Waals surface area contributed by atoms with E-state index in [0.29, 0.717) is 22.9 Å². The smallest absolute Gasteiger partial charge is 0.256 e. The maximum atomic E-state index is 13.1. The molecule has 0 radical (unpaired) electrons. The van der Waals surface area contributed by atoms with Gasteiger partial charge in [-0.2, -0.15) is 0 Å². The maximum Gasteiger partial charge on any atom is 0.256 e. The topological polar surface area (TPSA) is 58.6 Å². The average Bonchev–Trinajstić information content (AvgIpc) is 2.85. The van der Waals surface area contributed by atoms with E-state index in [4.69, 9.17) is 16.3 Å². The first-order valence-electron chi connectivity index (χ1n) is 11.6. The number of carbonyl (C=O) groups is 2. The highest BCUT2D eigenvalue weighted by Gasteiger charge is 2.19. The van der Waals surface area contributed by atoms with Crippen molar-refractivity contribution < 1.29 is 14.3 Å². The third-order valence-corrected chi connectivity index (χ3v) is 5.97. The summed E-state index contributed by atoms with van der Waals surface area (Å²) in [5, 5.41) is 3.32. The lowest BCUT2D eigenvalue weighted by Crippen LogP contribution is -2.25. The van der Waals surface area contributed by atoms with E-state index >= 15 is 0 Å². The molecule has 0 unspecified atom stereocenters. The molecule has 0 heterocycles. The third-order valence-electron chi connectivity index (χ3n) is 5.73. The van der Waals surface area contributed by atoms with E-state index in [-0.39, 0.29) is 22.8 Å². The lowest BCUT2D eigenvalue weighted by Gasteiger charge is -2.18. The van der Waals surface area contributed by atoms with Crippen LogP contribution in [0.2, 0.25) is 5.02 Å². The van der Waals surface area contributed by atoms with Crippen molar-refractivity contribution >= 4 is 29.0 Å². The van der Waals surface area contributed by atoms with Gasteiger partial charge in [-0.25, -0.2) is 0 Å². The van der Waals surface area contributed by atoms with Gasteiger partial charge in [0.2, 0.25) is 0 Å². The van der Waals surface area contributed by atoms with Gasteiger partial charge in [0.25, 0.3) is 5.91 Å². The van der Waals surface area contributed by atoms with Gasteiger partial charge < -0.3 is 15.0 Å². The highest BCUT2D eigenvalue weighted by Crippen LogP contribution is 2.24. The number of anilines is 1. The average molecular weight is 479 g/mol. The Morgan fingerprint density at radius 2 is 1.68 bits per heavy atom. The van der Waals surface area contributed by atoms with Crippen LogP contribution in [0.1, 0.15) is 52.1 Å². The van der Waals surface area contributed by atoms with Gasteiger partial charge in [-0.15, -0.1) is 0 Å². The zero-order valence-electron chi connectivity index (χ0n) is 19.9. The zero-order chi connectivity index (χ0) is 24.5. The van der Waals surface area contributed by atoms with E-state index in [1.165, 1.54) is 6.07 Å². The van der Waals surface area contributed by atoms with Crippen LogP contribution in [0, 0.1) is 6.92 Å². The van der Waals surface area contributed by atoms with Crippen LogP contribution in [-0.4, -0.2) is 42.8 Å². The number of ketones is 1. The summed E-state index contributed by atoms with van der Waals surface area (Å²) >= 11 is 6.14. The number of amides is 1. The molecule has 0 aliphatic carbocycles. The zero-order valence-corrected chi connectivity index (χ0v) is 20.7. The largest absolute Gasteiger partial charge is 0.494 e. The van der Waals surface area contributed by atoms with Crippen molar-refractivity contribution in [3.63, 3.8) is 0 Å². The summed E-state index contributed by atoms with van der Waals surface area (Å²) in [7, 11) is 0. The van der Waals surface area contributed by atoms with Crippen LogP contribution in [0.4, 0.5) is 5.69 Å². The normalized spacial score (nSPS) is 10.9. The van der Waals surface area contributed by atoms with Gasteiger partial charge in [-0.3, -0.25) is 9.59 Å². The van der Waals surface area contributed by atoms with Crippen molar-refractivity contribution in [1.29, 1.82) is 0 Å². The van der Waals surface area contributed by atoms with Crippen LogP contribution in [0.25, 0.3) is 0 Å². The van der Waals surface area contributed by atoms with Gasteiger partial charge in [-0.05, 0) is 68.4 Å². The van der Waals surface area contributed by atoms with Gasteiger partial charge in [0.15, 0.2) is 5.78 Å². The van der Waals surface area contributed by atoms with Gasteiger partial charge in [0.1, 0.15) is 5.75 Å². The van der Waals surface area contributed by atoms with E-state index in [0.717, 1.165) is 37.4 Å². The van der Waals surface area contributed by atoms with E-state index in [1.807, 2.05) is 31.2 Å². The molecule has 3 aromatic carbocycles. The lowest BCUT2D eigenvalue weighted by molar-refractivity contribution is 0.0996. The van der Waals surface area contributed by atoms with Crippen molar-refractivity contribution in [3.05, 3.63) is 94.0 Å². The SMILES string of the molecule is CCN(CC)CCCOc1ccc(NC(=O)c2ccc(Cl)cc2C(=O)c2ccccc2)c(C)c1. The Morgan fingerprint density at radius 3 is 2.35 bits per heavy atom. The number of halogens is 1. The second kappa shape index (κ2) is 12.4. The molecule has 0 saturated carbocycles. The Labute approximate surface area is 206 Å². The van der Waals surface area contributed by atoms with E-state index < -0.39 is 0 Å². The van der Waals surface area contributed by atoms with Gasteiger partial charge in [-0.1, -0.05) is 55.8 Å². The summed E-state index contributed by atoms with van der Waals surface area (Å²) in [5.41, 5.74) is 2.57. The fraction of sp³-hybridized carbons (Fsp3) is 0.286. The fourth-order valence-electron chi connectivity index (χ4n) is 3.72. The number of carbonyl (C=O) groups excluding carboxylic acids is 2. The molecule has 6 heteroatoms. The molecule has 0 aliphatic rings. The molecule has 178 valence electrons. The van der Waals surface area contributed by atoms with E-state index in [2.05, 4.69) is 24.1 Å².